The molecular weight excluding hydrogens is 877 g/mol. The lowest BCUT2D eigenvalue weighted by molar-refractivity contribution is 2.05. The predicted octanol–water partition coefficient (Wildman–Crippen LogP) is 16.7. The molecule has 0 fully saturated rings. The second-order valence-corrected chi connectivity index (χ2v) is 29.8. The average Bonchev–Trinajstić information content (AvgIpc) is 3.84. The molecule has 0 aromatic heterocycles. The first kappa shape index (κ1) is 33.3. The third-order valence-corrected chi connectivity index (χ3v) is 28.8. The molecule has 18 heteroatoms. The Bertz CT molecular complexity index is 1460. The van der Waals surface area contributed by atoms with Gasteiger partial charge < -0.3 is 0 Å². The SMILES string of the molecule is C1=CSC(=C2SC3=C(SC(=CC=C4SC=C(SCSC5=CSC(=CC=C6SC7=C(S6)SC(=C6SC=CS6)S7)S5)S4)S3)S2)S1. The van der Waals surface area contributed by atoms with Crippen LogP contribution in [0.25, 0.3) is 0 Å². The Morgan fingerprint density at radius 2 is 0.721 bits per heavy atom. The highest BCUT2D eigenvalue weighted by atomic mass is 32.3. The molecule has 0 spiro atoms. The Balaban J connectivity index is 0.741. The van der Waals surface area contributed by atoms with Gasteiger partial charge in [0.15, 0.2) is 0 Å². The summed E-state index contributed by atoms with van der Waals surface area (Å²) in [6, 6.07) is 0. The van der Waals surface area contributed by atoms with E-state index in [4.69, 9.17) is 0 Å². The van der Waals surface area contributed by atoms with E-state index in [0.717, 1.165) is 5.08 Å². The van der Waals surface area contributed by atoms with Gasteiger partial charge in [0.1, 0.15) is 0 Å². The van der Waals surface area contributed by atoms with Crippen LogP contribution >= 0.6 is 212 Å². The maximum absolute atomic E-state index is 2.31. The summed E-state index contributed by atoms with van der Waals surface area (Å²) in [4.78, 5) is 0. The van der Waals surface area contributed by atoms with Gasteiger partial charge in [-0.3, -0.25) is 0 Å². The van der Waals surface area contributed by atoms with Gasteiger partial charge in [0.25, 0.3) is 0 Å². The summed E-state index contributed by atoms with van der Waals surface area (Å²) in [7, 11) is 0. The highest BCUT2D eigenvalue weighted by Crippen LogP contribution is 2.70. The summed E-state index contributed by atoms with van der Waals surface area (Å²) < 4.78 is 19.9. The van der Waals surface area contributed by atoms with E-state index in [1.807, 2.05) is 212 Å². The van der Waals surface area contributed by atoms with Crippen LogP contribution in [0.4, 0.5) is 0 Å². The van der Waals surface area contributed by atoms with Gasteiger partial charge in [-0.05, 0) is 56.8 Å². The van der Waals surface area contributed by atoms with Crippen LogP contribution in [-0.2, 0) is 0 Å². The van der Waals surface area contributed by atoms with Gasteiger partial charge in [-0.2, -0.15) is 0 Å². The van der Waals surface area contributed by atoms with Crippen LogP contribution in [0.3, 0.4) is 0 Å². The molecule has 0 saturated heterocycles. The molecule has 8 aliphatic heterocycles. The molecule has 0 unspecified atom stereocenters. The first-order valence-electron chi connectivity index (χ1n) is 11.8. The summed E-state index contributed by atoms with van der Waals surface area (Å²) in [5.41, 5.74) is 0. The Hall–Kier alpha value is 3.18. The number of rotatable bonds is 6. The molecule has 8 aliphatic rings. The monoisotopic (exact) mass is 888 g/mol. The fourth-order valence-corrected chi connectivity index (χ4v) is 27.4. The Morgan fingerprint density at radius 3 is 1.12 bits per heavy atom. The van der Waals surface area contributed by atoms with Gasteiger partial charge in [0.2, 0.25) is 0 Å². The van der Waals surface area contributed by atoms with Crippen molar-refractivity contribution in [3.8, 4) is 0 Å². The number of thioether (sulfide) groups is 18. The van der Waals surface area contributed by atoms with E-state index < -0.39 is 0 Å². The van der Waals surface area contributed by atoms with Crippen LogP contribution in [-0.4, -0.2) is 5.08 Å². The molecule has 0 aliphatic carbocycles. The van der Waals surface area contributed by atoms with Gasteiger partial charge >= 0.3 is 0 Å². The van der Waals surface area contributed by atoms with E-state index >= 15 is 0 Å². The molecule has 0 saturated carbocycles. The predicted molar refractivity (Wildman–Crippen MR) is 236 cm³/mol. The maximum atomic E-state index is 2.31. The smallest absolute Gasteiger partial charge is 0.0717 e. The average molecular weight is 890 g/mol. The second kappa shape index (κ2) is 16.0. The van der Waals surface area contributed by atoms with E-state index in [1.54, 1.807) is 0 Å². The molecule has 0 radical (unpaired) electrons. The summed E-state index contributed by atoms with van der Waals surface area (Å²) >= 11 is 34.3. The lowest BCUT2D eigenvalue weighted by atomic mass is 10.6. The molecule has 0 nitrogen and oxygen atoms in total. The summed E-state index contributed by atoms with van der Waals surface area (Å²) in [5, 5.41) is 14.4. The first-order valence-corrected chi connectivity index (χ1v) is 27.2. The van der Waals surface area contributed by atoms with Crippen molar-refractivity contribution in [3.63, 3.8) is 0 Å². The van der Waals surface area contributed by atoms with Gasteiger partial charge in [-0.1, -0.05) is 188 Å². The standard InChI is InChI=1S/C25H12S18/c1(3-14-36-22-23(37-14)41-20(40-22)18-26-5-6-27-18)12-30-9-16(34-12)32-11-33-17-10-31-13(35-17)2-4-15-38-24-25(39-15)43-21(42-24)19-28-7-8-29-19/h1-10H,11H2. The van der Waals surface area contributed by atoms with Crippen molar-refractivity contribution in [3.05, 3.63) is 116 Å². The molecule has 220 valence electrons. The van der Waals surface area contributed by atoms with Crippen LogP contribution in [0, 0.1) is 0 Å². The van der Waals surface area contributed by atoms with Crippen LogP contribution in [0.5, 0.6) is 0 Å². The Kier molecular flexibility index (Phi) is 12.4. The van der Waals surface area contributed by atoms with Gasteiger partial charge in [0, 0.05) is 13.6 Å². The minimum atomic E-state index is 1.04. The minimum absolute atomic E-state index is 1.04. The normalized spacial score (nSPS) is 26.5. The largest absolute Gasteiger partial charge is 0.107 e. The second-order valence-electron chi connectivity index (χ2n) is 7.79. The highest BCUT2D eigenvalue weighted by Gasteiger charge is 2.33. The zero-order valence-corrected chi connectivity index (χ0v) is 35.5. The zero-order valence-electron chi connectivity index (χ0n) is 20.8. The molecular formula is C25H12S18. The highest BCUT2D eigenvalue weighted by molar-refractivity contribution is 8.50. The van der Waals surface area contributed by atoms with Crippen LogP contribution in [0.1, 0.15) is 0 Å². The molecule has 0 amide bonds. The van der Waals surface area contributed by atoms with E-state index in [9.17, 15) is 0 Å². The van der Waals surface area contributed by atoms with E-state index in [-0.39, 0.29) is 0 Å². The van der Waals surface area contributed by atoms with Crippen molar-refractivity contribution < 1.29 is 0 Å². The Labute approximate surface area is 327 Å². The van der Waals surface area contributed by atoms with Crippen molar-refractivity contribution in [1.82, 2.24) is 0 Å². The molecule has 0 N–H and O–H groups in total. The molecule has 0 aromatic carbocycles. The lowest BCUT2D eigenvalue weighted by Crippen LogP contribution is -1.71. The van der Waals surface area contributed by atoms with Gasteiger partial charge in [-0.25, -0.2) is 0 Å². The van der Waals surface area contributed by atoms with Crippen molar-refractivity contribution in [2.75, 3.05) is 5.08 Å². The summed E-state index contributed by atoms with van der Waals surface area (Å²) in [5.74, 6) is 0. The molecule has 43 heavy (non-hydrogen) atoms. The van der Waals surface area contributed by atoms with Crippen LogP contribution < -0.4 is 0 Å². The maximum Gasteiger partial charge on any atom is 0.0717 e. The number of hydrogen-bond donors (Lipinski definition) is 0. The zero-order chi connectivity index (χ0) is 28.6. The molecule has 8 rings (SSSR count). The fraction of sp³-hybridized carbons (Fsp3) is 0.0400. The molecule has 8 heterocycles. The van der Waals surface area contributed by atoms with Gasteiger partial charge in [-0.15, -0.1) is 23.5 Å². The van der Waals surface area contributed by atoms with E-state index in [0.29, 0.717) is 0 Å². The molecule has 0 aromatic rings. The van der Waals surface area contributed by atoms with E-state index in [2.05, 4.69) is 56.8 Å². The Morgan fingerprint density at radius 1 is 0.372 bits per heavy atom. The summed E-state index contributed by atoms with van der Waals surface area (Å²) in [6.07, 6.45) is 9.21. The van der Waals surface area contributed by atoms with Crippen molar-refractivity contribution >= 4 is 212 Å². The molecule has 0 bridgehead atoms. The van der Waals surface area contributed by atoms with Crippen molar-refractivity contribution in [2.45, 2.75) is 0 Å². The topological polar surface area (TPSA) is 0 Å². The van der Waals surface area contributed by atoms with Crippen LogP contribution in [0.15, 0.2) is 116 Å². The number of hydrogen-bond acceptors (Lipinski definition) is 18. The fourth-order valence-electron chi connectivity index (χ4n) is 3.31. The lowest BCUT2D eigenvalue weighted by Gasteiger charge is -2.04. The minimum Gasteiger partial charge on any atom is -0.107 e. The first-order chi connectivity index (χ1) is 21.2. The third-order valence-electron chi connectivity index (χ3n) is 5.05. The number of allylic oxidation sites excluding steroid dienone is 4. The van der Waals surface area contributed by atoms with Crippen molar-refractivity contribution in [1.29, 1.82) is 0 Å². The third kappa shape index (κ3) is 8.56. The summed E-state index contributed by atoms with van der Waals surface area (Å²) in [6.45, 7) is 0. The van der Waals surface area contributed by atoms with E-state index in [1.165, 1.54) is 59.3 Å². The molecule has 0 atom stereocenters. The quantitative estimate of drug-likeness (QED) is 0.232. The van der Waals surface area contributed by atoms with Crippen LogP contribution in [0.2, 0.25) is 0 Å². The van der Waals surface area contributed by atoms with Gasteiger partial charge in [0.05, 0.1) is 50.8 Å². The van der Waals surface area contributed by atoms with Crippen molar-refractivity contribution in [2.24, 2.45) is 0 Å².